The zero-order valence-corrected chi connectivity index (χ0v) is 24.1. The number of aliphatic hydroxyl groups excluding tert-OH is 1. The SMILES string of the molecule is COC(=O)COc1ccc(OC/C=C(\c2ccc(C#CCN3CCCCC3O)cc2)c2ccc(C(F)(F)F)cc2)cc1C. The Hall–Kier alpha value is -4.26. The van der Waals surface area contributed by atoms with Gasteiger partial charge in [0.1, 0.15) is 24.3 Å². The average Bonchev–Trinajstić information content (AvgIpc) is 3.00. The van der Waals surface area contributed by atoms with Gasteiger partial charge in [0.05, 0.1) is 19.2 Å². The molecule has 1 N–H and O–H groups in total. The van der Waals surface area contributed by atoms with Crippen molar-refractivity contribution in [3.63, 3.8) is 0 Å². The van der Waals surface area contributed by atoms with Crippen LogP contribution in [0.2, 0.25) is 0 Å². The third kappa shape index (κ3) is 9.11. The van der Waals surface area contributed by atoms with Crippen molar-refractivity contribution in [2.24, 2.45) is 0 Å². The molecule has 0 aromatic heterocycles. The summed E-state index contributed by atoms with van der Waals surface area (Å²) >= 11 is 0. The third-order valence-corrected chi connectivity index (χ3v) is 7.07. The molecular weight excluding hydrogens is 559 g/mol. The Morgan fingerprint density at radius 1 is 1.02 bits per heavy atom. The molecule has 3 aromatic rings. The zero-order valence-electron chi connectivity index (χ0n) is 24.1. The van der Waals surface area contributed by atoms with Gasteiger partial charge in [-0.2, -0.15) is 13.2 Å². The molecule has 0 radical (unpaired) electrons. The quantitative estimate of drug-likeness (QED) is 0.234. The molecule has 9 heteroatoms. The average molecular weight is 594 g/mol. The number of aliphatic hydroxyl groups is 1. The summed E-state index contributed by atoms with van der Waals surface area (Å²) in [7, 11) is 1.29. The summed E-state index contributed by atoms with van der Waals surface area (Å²) in [5, 5.41) is 10.1. The van der Waals surface area contributed by atoms with Gasteiger partial charge in [-0.3, -0.25) is 4.90 Å². The van der Waals surface area contributed by atoms with Crippen molar-refractivity contribution < 1.29 is 37.3 Å². The number of ether oxygens (including phenoxy) is 3. The molecule has 1 atom stereocenters. The van der Waals surface area contributed by atoms with Crippen molar-refractivity contribution >= 4 is 11.5 Å². The molecule has 6 nitrogen and oxygen atoms in total. The highest BCUT2D eigenvalue weighted by Gasteiger charge is 2.30. The minimum absolute atomic E-state index is 0.151. The molecule has 43 heavy (non-hydrogen) atoms. The first-order valence-electron chi connectivity index (χ1n) is 14.0. The van der Waals surface area contributed by atoms with E-state index in [1.807, 2.05) is 42.2 Å². The molecule has 1 heterocycles. The zero-order chi connectivity index (χ0) is 30.8. The maximum atomic E-state index is 13.2. The van der Waals surface area contributed by atoms with Crippen LogP contribution in [-0.2, 0) is 15.7 Å². The predicted molar refractivity (Wildman–Crippen MR) is 157 cm³/mol. The summed E-state index contributed by atoms with van der Waals surface area (Å²) in [6.45, 7) is 3.07. The lowest BCUT2D eigenvalue weighted by Gasteiger charge is -2.30. The lowest BCUT2D eigenvalue weighted by molar-refractivity contribution is -0.143. The highest BCUT2D eigenvalue weighted by molar-refractivity contribution is 5.80. The van der Waals surface area contributed by atoms with E-state index >= 15 is 0 Å². The van der Waals surface area contributed by atoms with E-state index < -0.39 is 23.9 Å². The van der Waals surface area contributed by atoms with E-state index in [2.05, 4.69) is 16.6 Å². The van der Waals surface area contributed by atoms with Crippen LogP contribution in [0.3, 0.4) is 0 Å². The standard InChI is InChI=1S/C34H34F3NO5/c1-24-22-29(16-17-31(24)43-23-33(40)41-2)42-21-18-30(27-12-14-28(15-13-27)34(35,36)37)26-10-8-25(9-11-26)6-5-20-38-19-4-3-7-32(38)39/h8-18,22,32,39H,3-4,7,19-21,23H2,1-2H3/b30-18+. The van der Waals surface area contributed by atoms with Gasteiger partial charge in [-0.05, 0) is 97.0 Å². The Morgan fingerprint density at radius 3 is 2.35 bits per heavy atom. The van der Waals surface area contributed by atoms with Crippen LogP contribution in [0.25, 0.3) is 5.57 Å². The number of alkyl halides is 3. The van der Waals surface area contributed by atoms with Crippen LogP contribution in [0, 0.1) is 18.8 Å². The monoisotopic (exact) mass is 593 g/mol. The second-order valence-corrected chi connectivity index (χ2v) is 10.1. The van der Waals surface area contributed by atoms with Gasteiger partial charge in [0.15, 0.2) is 6.61 Å². The van der Waals surface area contributed by atoms with Gasteiger partial charge < -0.3 is 19.3 Å². The van der Waals surface area contributed by atoms with Gasteiger partial charge in [-0.25, -0.2) is 4.79 Å². The van der Waals surface area contributed by atoms with Crippen molar-refractivity contribution in [2.75, 3.05) is 33.4 Å². The summed E-state index contributed by atoms with van der Waals surface area (Å²) in [6, 6.07) is 17.7. The third-order valence-electron chi connectivity index (χ3n) is 7.07. The smallest absolute Gasteiger partial charge is 0.416 e. The van der Waals surface area contributed by atoms with Crippen LogP contribution in [0.1, 0.15) is 47.1 Å². The second kappa shape index (κ2) is 14.8. The Morgan fingerprint density at radius 2 is 1.72 bits per heavy atom. The highest BCUT2D eigenvalue weighted by atomic mass is 19.4. The molecule has 1 fully saturated rings. The maximum Gasteiger partial charge on any atom is 0.416 e. The van der Waals surface area contributed by atoms with Crippen molar-refractivity contribution in [3.05, 3.63) is 101 Å². The molecule has 0 saturated carbocycles. The topological polar surface area (TPSA) is 68.2 Å². The Bertz CT molecular complexity index is 1470. The van der Waals surface area contributed by atoms with E-state index in [0.717, 1.165) is 54.6 Å². The lowest BCUT2D eigenvalue weighted by atomic mass is 9.96. The molecule has 0 amide bonds. The van der Waals surface area contributed by atoms with E-state index in [4.69, 9.17) is 9.47 Å². The lowest BCUT2D eigenvalue weighted by Crippen LogP contribution is -2.39. The number of aryl methyl sites for hydroxylation is 1. The van der Waals surface area contributed by atoms with Crippen LogP contribution < -0.4 is 9.47 Å². The van der Waals surface area contributed by atoms with Gasteiger partial charge >= 0.3 is 12.1 Å². The number of benzene rings is 3. The first kappa shape index (κ1) is 31.7. The number of rotatable bonds is 9. The maximum absolute atomic E-state index is 13.2. The van der Waals surface area contributed by atoms with Crippen molar-refractivity contribution in [1.82, 2.24) is 4.90 Å². The van der Waals surface area contributed by atoms with Crippen LogP contribution in [0.4, 0.5) is 13.2 Å². The fourth-order valence-electron chi connectivity index (χ4n) is 4.67. The Kier molecular flexibility index (Phi) is 10.9. The summed E-state index contributed by atoms with van der Waals surface area (Å²) in [5.41, 5.74) is 2.95. The van der Waals surface area contributed by atoms with Crippen molar-refractivity contribution in [3.8, 4) is 23.3 Å². The summed E-state index contributed by atoms with van der Waals surface area (Å²) in [4.78, 5) is 13.3. The number of nitrogens with zero attached hydrogens (tertiary/aromatic N) is 1. The number of methoxy groups -OCH3 is 1. The van der Waals surface area contributed by atoms with Gasteiger partial charge in [0, 0.05) is 12.1 Å². The van der Waals surface area contributed by atoms with Crippen molar-refractivity contribution in [1.29, 1.82) is 0 Å². The molecule has 0 bridgehead atoms. The Labute approximate surface area is 249 Å². The first-order valence-corrected chi connectivity index (χ1v) is 14.0. The van der Waals surface area contributed by atoms with E-state index in [0.29, 0.717) is 29.2 Å². The van der Waals surface area contributed by atoms with Gasteiger partial charge in [0.2, 0.25) is 0 Å². The number of piperidine rings is 1. The number of carbonyl (C=O) groups excluding carboxylic acids is 1. The van der Waals surface area contributed by atoms with Crippen LogP contribution in [0.15, 0.2) is 72.8 Å². The molecular formula is C34H34F3NO5. The summed E-state index contributed by atoms with van der Waals surface area (Å²) < 4.78 is 55.6. The number of likely N-dealkylation sites (tertiary alicyclic amines) is 1. The van der Waals surface area contributed by atoms with Gasteiger partial charge in [-0.15, -0.1) is 0 Å². The number of hydrogen-bond acceptors (Lipinski definition) is 6. The van der Waals surface area contributed by atoms with Crippen molar-refractivity contribution in [2.45, 2.75) is 38.6 Å². The molecule has 1 aliphatic rings. The highest BCUT2D eigenvalue weighted by Crippen LogP contribution is 2.32. The minimum atomic E-state index is -4.43. The number of carbonyl (C=O) groups is 1. The molecule has 4 rings (SSSR count). The minimum Gasteiger partial charge on any atom is -0.489 e. The summed E-state index contributed by atoms with van der Waals surface area (Å²) in [5.74, 6) is 6.85. The first-order chi connectivity index (χ1) is 20.6. The number of esters is 1. The fourth-order valence-corrected chi connectivity index (χ4v) is 4.67. The molecule has 1 saturated heterocycles. The molecule has 1 aliphatic heterocycles. The van der Waals surface area contributed by atoms with Crippen LogP contribution in [0.5, 0.6) is 11.5 Å². The van der Waals surface area contributed by atoms with E-state index in [9.17, 15) is 23.1 Å². The van der Waals surface area contributed by atoms with E-state index in [-0.39, 0.29) is 13.2 Å². The van der Waals surface area contributed by atoms with Crippen LogP contribution >= 0.6 is 0 Å². The molecule has 1 unspecified atom stereocenters. The van der Waals surface area contributed by atoms with E-state index in [1.165, 1.54) is 19.2 Å². The molecule has 3 aromatic carbocycles. The second-order valence-electron chi connectivity index (χ2n) is 10.1. The Balaban J connectivity index is 1.50. The summed E-state index contributed by atoms with van der Waals surface area (Å²) in [6.07, 6.45) is -0.238. The van der Waals surface area contributed by atoms with Gasteiger partial charge in [-0.1, -0.05) is 36.1 Å². The van der Waals surface area contributed by atoms with Gasteiger partial charge in [0.25, 0.3) is 0 Å². The predicted octanol–water partition coefficient (Wildman–Crippen LogP) is 6.23. The normalized spacial score (nSPS) is 15.8. The molecule has 0 aliphatic carbocycles. The fraction of sp³-hybridized carbons (Fsp3) is 0.324. The van der Waals surface area contributed by atoms with Crippen LogP contribution in [-0.4, -0.2) is 55.6 Å². The van der Waals surface area contributed by atoms with E-state index in [1.54, 1.807) is 18.2 Å². The molecule has 0 spiro atoms. The molecule has 226 valence electrons. The number of halogens is 3. The number of hydrogen-bond donors (Lipinski definition) is 1. The largest absolute Gasteiger partial charge is 0.489 e.